The summed E-state index contributed by atoms with van der Waals surface area (Å²) in [5, 5.41) is 7.19. The lowest BCUT2D eigenvalue weighted by Gasteiger charge is -2.04. The largest absolute Gasteiger partial charge is 0.398 e. The van der Waals surface area contributed by atoms with Gasteiger partial charge in [-0.25, -0.2) is 0 Å². The molecule has 0 fully saturated rings. The predicted octanol–water partition coefficient (Wildman–Crippen LogP) is 3.00. The zero-order valence-electron chi connectivity index (χ0n) is 8.72. The van der Waals surface area contributed by atoms with Crippen LogP contribution in [0.1, 0.15) is 37.3 Å². The number of anilines is 1. The summed E-state index contributed by atoms with van der Waals surface area (Å²) in [6.45, 7) is 2.20. The van der Waals surface area contributed by atoms with Gasteiger partial charge in [0.1, 0.15) is 0 Å². The minimum absolute atomic E-state index is 0.694. The average Bonchev–Trinajstić information content (AvgIpc) is 2.21. The van der Waals surface area contributed by atoms with Crippen LogP contribution < -0.4 is 5.73 Å². The molecule has 0 aliphatic rings. The number of aryl methyl sites for hydroxylation is 1. The van der Waals surface area contributed by atoms with Gasteiger partial charge in [-0.3, -0.25) is 0 Å². The first-order valence-electron chi connectivity index (χ1n) is 5.16. The Morgan fingerprint density at radius 1 is 1.36 bits per heavy atom. The number of hydrogen-bond donors (Lipinski definition) is 2. The van der Waals surface area contributed by atoms with Crippen LogP contribution in [-0.4, -0.2) is 6.21 Å². The predicted molar refractivity (Wildman–Crippen MR) is 62.0 cm³/mol. The summed E-state index contributed by atoms with van der Waals surface area (Å²) in [5.41, 5.74) is 8.51. The summed E-state index contributed by atoms with van der Waals surface area (Å²) in [5.74, 6) is 0. The number of benzene rings is 1. The van der Waals surface area contributed by atoms with Gasteiger partial charge in [0, 0.05) is 17.5 Å². The second-order valence-corrected chi connectivity index (χ2v) is 3.56. The van der Waals surface area contributed by atoms with Crippen molar-refractivity contribution < 1.29 is 0 Å². The minimum atomic E-state index is 0.694. The molecular formula is C12H18N2. The highest BCUT2D eigenvalue weighted by molar-refractivity contribution is 5.85. The Bertz CT molecular complexity index is 305. The topological polar surface area (TPSA) is 49.9 Å². The third-order valence-corrected chi connectivity index (χ3v) is 2.38. The highest BCUT2D eigenvalue weighted by Crippen LogP contribution is 2.14. The van der Waals surface area contributed by atoms with Crippen LogP contribution in [0.15, 0.2) is 18.2 Å². The molecular weight excluding hydrogens is 172 g/mol. The number of rotatable bonds is 5. The Labute approximate surface area is 85.6 Å². The van der Waals surface area contributed by atoms with Crippen LogP contribution in [0.3, 0.4) is 0 Å². The molecule has 0 amide bonds. The van der Waals surface area contributed by atoms with E-state index in [2.05, 4.69) is 13.0 Å². The molecule has 76 valence electrons. The van der Waals surface area contributed by atoms with Crippen molar-refractivity contribution >= 4 is 11.9 Å². The molecule has 0 aliphatic carbocycles. The summed E-state index contributed by atoms with van der Waals surface area (Å²) < 4.78 is 0. The van der Waals surface area contributed by atoms with Gasteiger partial charge in [0.15, 0.2) is 0 Å². The van der Waals surface area contributed by atoms with Gasteiger partial charge in [-0.05, 0) is 30.5 Å². The Kier molecular flexibility index (Phi) is 4.17. The number of unbranched alkanes of at least 4 members (excludes halogenated alkanes) is 2. The quantitative estimate of drug-likeness (QED) is 0.418. The third-order valence-electron chi connectivity index (χ3n) is 2.38. The van der Waals surface area contributed by atoms with Gasteiger partial charge in [-0.15, -0.1) is 0 Å². The second kappa shape index (κ2) is 5.43. The maximum absolute atomic E-state index is 7.19. The van der Waals surface area contributed by atoms with Crippen molar-refractivity contribution in [1.29, 1.82) is 5.41 Å². The molecule has 0 heterocycles. The highest BCUT2D eigenvalue weighted by Gasteiger charge is 1.98. The van der Waals surface area contributed by atoms with Gasteiger partial charge in [0.05, 0.1) is 0 Å². The van der Waals surface area contributed by atoms with Crippen molar-refractivity contribution in [3.8, 4) is 0 Å². The molecule has 3 N–H and O–H groups in total. The fourth-order valence-corrected chi connectivity index (χ4v) is 1.48. The van der Waals surface area contributed by atoms with E-state index in [4.69, 9.17) is 11.1 Å². The van der Waals surface area contributed by atoms with Gasteiger partial charge in [-0.2, -0.15) is 0 Å². The molecule has 14 heavy (non-hydrogen) atoms. The Hall–Kier alpha value is -1.31. The normalized spacial score (nSPS) is 10.1. The van der Waals surface area contributed by atoms with Gasteiger partial charge < -0.3 is 11.1 Å². The van der Waals surface area contributed by atoms with Gasteiger partial charge in [0.2, 0.25) is 0 Å². The second-order valence-electron chi connectivity index (χ2n) is 3.56. The van der Waals surface area contributed by atoms with Crippen molar-refractivity contribution in [3.05, 3.63) is 29.3 Å². The molecule has 0 unspecified atom stereocenters. The molecule has 0 bridgehead atoms. The van der Waals surface area contributed by atoms with Gasteiger partial charge >= 0.3 is 0 Å². The number of hydrogen-bond acceptors (Lipinski definition) is 2. The zero-order valence-corrected chi connectivity index (χ0v) is 8.72. The summed E-state index contributed by atoms with van der Waals surface area (Å²) in [4.78, 5) is 0. The van der Waals surface area contributed by atoms with Gasteiger partial charge in [0.25, 0.3) is 0 Å². The Morgan fingerprint density at radius 2 is 2.14 bits per heavy atom. The molecule has 1 aromatic carbocycles. The van der Waals surface area contributed by atoms with Crippen LogP contribution in [0.25, 0.3) is 0 Å². The first kappa shape index (κ1) is 10.8. The standard InChI is InChI=1S/C12H18N2/c1-2-3-4-5-10-6-7-12(14)11(8-10)9-13/h6-9,13H,2-5,14H2,1H3. The van der Waals surface area contributed by atoms with E-state index in [1.807, 2.05) is 12.1 Å². The van der Waals surface area contributed by atoms with E-state index in [-0.39, 0.29) is 0 Å². The van der Waals surface area contributed by atoms with Crippen molar-refractivity contribution in [3.63, 3.8) is 0 Å². The lowest BCUT2D eigenvalue weighted by Crippen LogP contribution is -1.95. The van der Waals surface area contributed by atoms with Crippen LogP contribution >= 0.6 is 0 Å². The van der Waals surface area contributed by atoms with Crippen LogP contribution in [0, 0.1) is 5.41 Å². The van der Waals surface area contributed by atoms with E-state index in [1.54, 1.807) is 0 Å². The molecule has 0 spiro atoms. The van der Waals surface area contributed by atoms with E-state index in [9.17, 15) is 0 Å². The van der Waals surface area contributed by atoms with Crippen molar-refractivity contribution in [1.82, 2.24) is 0 Å². The number of nitrogens with one attached hydrogen (secondary N) is 1. The smallest absolute Gasteiger partial charge is 0.0403 e. The number of nitrogens with two attached hydrogens (primary N) is 1. The molecule has 1 aromatic rings. The fraction of sp³-hybridized carbons (Fsp3) is 0.417. The van der Waals surface area contributed by atoms with Gasteiger partial charge in [-0.1, -0.05) is 25.8 Å². The van der Waals surface area contributed by atoms with E-state index in [1.165, 1.54) is 31.0 Å². The molecule has 0 aliphatic heterocycles. The maximum atomic E-state index is 7.19. The lowest BCUT2D eigenvalue weighted by atomic mass is 10.0. The number of nitrogen functional groups attached to an aromatic ring is 1. The van der Waals surface area contributed by atoms with Crippen molar-refractivity contribution in [2.75, 3.05) is 5.73 Å². The van der Waals surface area contributed by atoms with E-state index in [0.29, 0.717) is 5.69 Å². The molecule has 2 nitrogen and oxygen atoms in total. The van der Waals surface area contributed by atoms with Crippen LogP contribution in [-0.2, 0) is 6.42 Å². The minimum Gasteiger partial charge on any atom is -0.398 e. The molecule has 1 rings (SSSR count). The lowest BCUT2D eigenvalue weighted by molar-refractivity contribution is 0.717. The maximum Gasteiger partial charge on any atom is 0.0403 e. The van der Waals surface area contributed by atoms with E-state index < -0.39 is 0 Å². The van der Waals surface area contributed by atoms with E-state index >= 15 is 0 Å². The van der Waals surface area contributed by atoms with Crippen molar-refractivity contribution in [2.24, 2.45) is 0 Å². The van der Waals surface area contributed by atoms with Crippen LogP contribution in [0.5, 0.6) is 0 Å². The fourth-order valence-electron chi connectivity index (χ4n) is 1.48. The first-order chi connectivity index (χ1) is 6.77. The molecule has 2 heteroatoms. The molecule has 0 radical (unpaired) electrons. The summed E-state index contributed by atoms with van der Waals surface area (Å²) in [6, 6.07) is 5.96. The van der Waals surface area contributed by atoms with Crippen molar-refractivity contribution in [2.45, 2.75) is 32.6 Å². The Morgan fingerprint density at radius 3 is 2.79 bits per heavy atom. The highest BCUT2D eigenvalue weighted by atomic mass is 14.6. The zero-order chi connectivity index (χ0) is 10.4. The van der Waals surface area contributed by atoms with Crippen LogP contribution in [0.2, 0.25) is 0 Å². The molecule has 0 aromatic heterocycles. The monoisotopic (exact) mass is 190 g/mol. The molecule has 0 saturated heterocycles. The molecule has 0 atom stereocenters. The Balaban J connectivity index is 2.64. The molecule has 0 saturated carbocycles. The van der Waals surface area contributed by atoms with Crippen LogP contribution in [0.4, 0.5) is 5.69 Å². The average molecular weight is 190 g/mol. The summed E-state index contributed by atoms with van der Waals surface area (Å²) in [7, 11) is 0. The summed E-state index contributed by atoms with van der Waals surface area (Å²) >= 11 is 0. The third kappa shape index (κ3) is 2.87. The van der Waals surface area contributed by atoms with E-state index in [0.717, 1.165) is 12.0 Å². The SMILES string of the molecule is CCCCCc1ccc(N)c(C=N)c1. The summed E-state index contributed by atoms with van der Waals surface area (Å²) in [6.07, 6.45) is 6.14. The first-order valence-corrected chi connectivity index (χ1v) is 5.16.